The van der Waals surface area contributed by atoms with Gasteiger partial charge >= 0.3 is 0 Å². The first-order chi connectivity index (χ1) is 7.86. The minimum atomic E-state index is 0.581. The molecule has 0 spiro atoms. The van der Waals surface area contributed by atoms with Crippen molar-refractivity contribution in [2.75, 3.05) is 20.3 Å². The van der Waals surface area contributed by atoms with Gasteiger partial charge in [0.25, 0.3) is 0 Å². The van der Waals surface area contributed by atoms with E-state index >= 15 is 0 Å². The van der Waals surface area contributed by atoms with Gasteiger partial charge in [-0.25, -0.2) is 0 Å². The smallest absolute Gasteiger partial charge is 0.0618 e. The molecular formula is C14H22NO. The van der Waals surface area contributed by atoms with Crippen LogP contribution in [0.15, 0.2) is 0 Å². The molecule has 1 aliphatic carbocycles. The number of methoxy groups -OCH3 is 1. The Hall–Kier alpha value is -0.0800. The second kappa shape index (κ2) is 6.02. The molecule has 0 unspecified atom stereocenters. The maximum atomic E-state index is 5.33. The molecule has 2 nitrogen and oxygen atoms in total. The van der Waals surface area contributed by atoms with Gasteiger partial charge in [-0.1, -0.05) is 6.92 Å². The summed E-state index contributed by atoms with van der Waals surface area (Å²) >= 11 is 0. The SMILES string of the molecule is CC[C@H]([C]1[CH][CH][CH][CH]1)N1CCC[C@H]1COC. The van der Waals surface area contributed by atoms with E-state index in [0.717, 1.165) is 6.61 Å². The van der Waals surface area contributed by atoms with Crippen molar-refractivity contribution in [2.24, 2.45) is 0 Å². The molecule has 89 valence electrons. The van der Waals surface area contributed by atoms with Gasteiger partial charge in [-0.3, -0.25) is 4.90 Å². The maximum absolute atomic E-state index is 5.33. The minimum absolute atomic E-state index is 0.581. The monoisotopic (exact) mass is 220 g/mol. The van der Waals surface area contributed by atoms with Crippen LogP contribution in [0.3, 0.4) is 0 Å². The lowest BCUT2D eigenvalue weighted by Crippen LogP contribution is -2.43. The third-order valence-corrected chi connectivity index (χ3v) is 3.64. The lowest BCUT2D eigenvalue weighted by atomic mass is 9.94. The number of hydrogen-bond acceptors (Lipinski definition) is 2. The molecule has 2 heteroatoms. The summed E-state index contributed by atoms with van der Waals surface area (Å²) in [6.45, 7) is 4.37. The lowest BCUT2D eigenvalue weighted by Gasteiger charge is -2.35. The van der Waals surface area contributed by atoms with Crippen LogP contribution in [0.1, 0.15) is 26.2 Å². The van der Waals surface area contributed by atoms with E-state index in [1.54, 1.807) is 7.11 Å². The molecule has 0 aromatic heterocycles. The average Bonchev–Trinajstić information content (AvgIpc) is 2.92. The predicted molar refractivity (Wildman–Crippen MR) is 66.1 cm³/mol. The fourth-order valence-corrected chi connectivity index (χ4v) is 2.91. The summed E-state index contributed by atoms with van der Waals surface area (Å²) in [6, 6.07) is 1.20. The van der Waals surface area contributed by atoms with Crippen molar-refractivity contribution < 1.29 is 4.74 Å². The zero-order valence-electron chi connectivity index (χ0n) is 10.4. The van der Waals surface area contributed by atoms with E-state index in [9.17, 15) is 0 Å². The topological polar surface area (TPSA) is 12.5 Å². The summed E-state index contributed by atoms with van der Waals surface area (Å²) in [6.07, 6.45) is 12.5. The van der Waals surface area contributed by atoms with E-state index in [2.05, 4.69) is 37.5 Å². The molecule has 1 heterocycles. The molecule has 1 aliphatic heterocycles. The normalized spacial score (nSPS) is 30.0. The number of likely N-dealkylation sites (tertiary alicyclic amines) is 1. The van der Waals surface area contributed by atoms with E-state index in [1.165, 1.54) is 31.7 Å². The number of rotatable bonds is 5. The Balaban J connectivity index is 1.96. The molecule has 0 N–H and O–H groups in total. The Bertz CT molecular complexity index is 201. The van der Waals surface area contributed by atoms with Crippen molar-refractivity contribution in [1.82, 2.24) is 4.90 Å². The van der Waals surface area contributed by atoms with Crippen molar-refractivity contribution >= 4 is 0 Å². The van der Waals surface area contributed by atoms with E-state index in [0.29, 0.717) is 12.1 Å². The van der Waals surface area contributed by atoms with Crippen molar-refractivity contribution in [3.8, 4) is 0 Å². The van der Waals surface area contributed by atoms with Crippen LogP contribution in [0.2, 0.25) is 0 Å². The summed E-state index contributed by atoms with van der Waals surface area (Å²) < 4.78 is 5.33. The molecule has 2 fully saturated rings. The van der Waals surface area contributed by atoms with Gasteiger partial charge < -0.3 is 4.74 Å². The standard InChI is InChI=1S/C14H22NO/c1-3-14(12-7-4-5-8-12)15-10-6-9-13(15)11-16-2/h4-5,7-8,13-14H,3,6,9-11H2,1-2H3/t13-,14+/m0/s1. The van der Waals surface area contributed by atoms with Gasteiger partial charge in [-0.2, -0.15) is 0 Å². The van der Waals surface area contributed by atoms with Crippen molar-refractivity contribution in [1.29, 1.82) is 0 Å². The molecule has 16 heavy (non-hydrogen) atoms. The number of hydrogen-bond donors (Lipinski definition) is 0. The van der Waals surface area contributed by atoms with Crippen LogP contribution >= 0.6 is 0 Å². The highest BCUT2D eigenvalue weighted by Gasteiger charge is 2.35. The summed E-state index contributed by atoms with van der Waals surface area (Å²) in [7, 11) is 1.81. The second-order valence-corrected chi connectivity index (χ2v) is 4.63. The molecule has 0 aromatic rings. The van der Waals surface area contributed by atoms with Gasteiger partial charge in [0.15, 0.2) is 0 Å². The Morgan fingerprint density at radius 3 is 2.81 bits per heavy atom. The molecule has 2 aliphatic rings. The third-order valence-electron chi connectivity index (χ3n) is 3.64. The highest BCUT2D eigenvalue weighted by Crippen LogP contribution is 2.34. The zero-order valence-corrected chi connectivity index (χ0v) is 10.4. The van der Waals surface area contributed by atoms with Gasteiger partial charge in [0.2, 0.25) is 0 Å². The first-order valence-corrected chi connectivity index (χ1v) is 6.33. The van der Waals surface area contributed by atoms with Crippen LogP contribution in [0.4, 0.5) is 0 Å². The fraction of sp³-hybridized carbons (Fsp3) is 0.643. The fourth-order valence-electron chi connectivity index (χ4n) is 2.91. The highest BCUT2D eigenvalue weighted by atomic mass is 16.5. The first kappa shape index (κ1) is 12.4. The zero-order chi connectivity index (χ0) is 11.4. The van der Waals surface area contributed by atoms with E-state index < -0.39 is 0 Å². The molecule has 1 saturated heterocycles. The first-order valence-electron chi connectivity index (χ1n) is 6.33. The van der Waals surface area contributed by atoms with Crippen molar-refractivity contribution in [3.63, 3.8) is 0 Å². The summed E-state index contributed by atoms with van der Waals surface area (Å²) in [4.78, 5) is 2.62. The third kappa shape index (κ3) is 2.60. The quantitative estimate of drug-likeness (QED) is 0.705. The number of ether oxygens (including phenoxy) is 1. The Morgan fingerprint density at radius 2 is 2.19 bits per heavy atom. The minimum Gasteiger partial charge on any atom is -0.383 e. The van der Waals surface area contributed by atoms with Gasteiger partial charge in [0, 0.05) is 25.1 Å². The van der Waals surface area contributed by atoms with Crippen LogP contribution in [-0.2, 0) is 4.74 Å². The van der Waals surface area contributed by atoms with Crippen LogP contribution in [0.25, 0.3) is 0 Å². The predicted octanol–water partition coefficient (Wildman–Crippen LogP) is 2.28. The molecule has 0 aromatic carbocycles. The van der Waals surface area contributed by atoms with Crippen LogP contribution < -0.4 is 0 Å². The lowest BCUT2D eigenvalue weighted by molar-refractivity contribution is 0.0931. The Labute approximate surface area is 100 Å². The molecule has 1 saturated carbocycles. The van der Waals surface area contributed by atoms with Crippen LogP contribution in [-0.4, -0.2) is 37.2 Å². The average molecular weight is 220 g/mol. The summed E-state index contributed by atoms with van der Waals surface area (Å²) in [5.74, 6) is 1.46. The van der Waals surface area contributed by atoms with Crippen molar-refractivity contribution in [3.05, 3.63) is 31.6 Å². The van der Waals surface area contributed by atoms with E-state index in [4.69, 9.17) is 4.74 Å². The van der Waals surface area contributed by atoms with E-state index in [1.807, 2.05) is 0 Å². The Kier molecular flexibility index (Phi) is 4.66. The van der Waals surface area contributed by atoms with Gasteiger partial charge in [-0.15, -0.1) is 0 Å². The Morgan fingerprint density at radius 1 is 1.44 bits per heavy atom. The number of nitrogens with zero attached hydrogens (tertiary/aromatic N) is 1. The van der Waals surface area contributed by atoms with Gasteiger partial charge in [-0.05, 0) is 51.5 Å². The van der Waals surface area contributed by atoms with E-state index in [-0.39, 0.29) is 0 Å². The highest BCUT2D eigenvalue weighted by molar-refractivity contribution is 5.38. The van der Waals surface area contributed by atoms with Gasteiger partial charge in [0.05, 0.1) is 6.61 Å². The van der Waals surface area contributed by atoms with Crippen molar-refractivity contribution in [2.45, 2.75) is 38.3 Å². The van der Waals surface area contributed by atoms with Crippen LogP contribution in [0, 0.1) is 31.6 Å². The molecule has 5 radical (unpaired) electrons. The van der Waals surface area contributed by atoms with Crippen LogP contribution in [0.5, 0.6) is 0 Å². The summed E-state index contributed by atoms with van der Waals surface area (Å²) in [5, 5.41) is 0. The molecule has 0 amide bonds. The molecular weight excluding hydrogens is 198 g/mol. The molecule has 2 atom stereocenters. The molecule has 0 bridgehead atoms. The largest absolute Gasteiger partial charge is 0.383 e. The summed E-state index contributed by atoms with van der Waals surface area (Å²) in [5.41, 5.74) is 0. The molecule has 2 rings (SSSR count). The van der Waals surface area contributed by atoms with Gasteiger partial charge in [0.1, 0.15) is 0 Å². The maximum Gasteiger partial charge on any atom is 0.0618 e. The second-order valence-electron chi connectivity index (χ2n) is 4.63.